The van der Waals surface area contributed by atoms with E-state index in [4.69, 9.17) is 9.47 Å². The molecule has 2 aromatic rings. The highest BCUT2D eigenvalue weighted by atomic mass is 32.1. The smallest absolute Gasteiger partial charge is 0.295 e. The van der Waals surface area contributed by atoms with Crippen LogP contribution >= 0.6 is 11.3 Å². The summed E-state index contributed by atoms with van der Waals surface area (Å²) in [5.41, 5.74) is 0.409. The fourth-order valence-electron chi connectivity index (χ4n) is 4.14. The Morgan fingerprint density at radius 3 is 2.56 bits per heavy atom. The molecule has 170 valence electrons. The van der Waals surface area contributed by atoms with Gasteiger partial charge in [-0.15, -0.1) is 11.3 Å². The zero-order valence-corrected chi connectivity index (χ0v) is 19.2. The number of morpholine rings is 1. The number of thiophene rings is 1. The lowest BCUT2D eigenvalue weighted by Crippen LogP contribution is -3.14. The van der Waals surface area contributed by atoms with Crippen LogP contribution in [0.5, 0.6) is 5.75 Å². The number of quaternary nitrogens is 1. The summed E-state index contributed by atoms with van der Waals surface area (Å²) >= 11 is 1.45. The first-order chi connectivity index (χ1) is 15.5. The second kappa shape index (κ2) is 9.85. The molecule has 1 amide bonds. The Morgan fingerprint density at radius 1 is 1.22 bits per heavy atom. The fraction of sp³-hybridized carbons (Fsp3) is 0.417. The molecule has 0 spiro atoms. The Balaban J connectivity index is 1.64. The molecule has 3 heterocycles. The molecule has 0 saturated carbocycles. The molecule has 1 N–H and O–H groups in total. The van der Waals surface area contributed by atoms with Gasteiger partial charge in [0, 0.05) is 10.5 Å². The summed E-state index contributed by atoms with van der Waals surface area (Å²) in [7, 11) is 0. The molecule has 1 unspecified atom stereocenters. The molecule has 2 saturated heterocycles. The molecule has 0 radical (unpaired) electrons. The average molecular weight is 457 g/mol. The van der Waals surface area contributed by atoms with Crippen LogP contribution in [-0.4, -0.2) is 62.1 Å². The predicted octanol–water partition coefficient (Wildman–Crippen LogP) is 0.674. The molecule has 0 aliphatic carbocycles. The SMILES string of the molecule is CC(C)Oc1ccc(C([O-])=C2C(=O)C(=O)N(CC[NH+]3CCOCC3)C2c2cccs2)cc1. The fourth-order valence-corrected chi connectivity index (χ4v) is 4.99. The standard InChI is InChI=1S/C24H28N2O5S/c1-16(2)31-18-7-5-17(6-8-18)22(27)20-21(19-4-3-15-32-19)26(24(29)23(20)28)10-9-25-11-13-30-14-12-25/h3-8,15-16,21,27H,9-14H2,1-2H3. The summed E-state index contributed by atoms with van der Waals surface area (Å²) < 4.78 is 11.0. The Bertz CT molecular complexity index is 978. The molecule has 1 atom stereocenters. The molecular formula is C24H28N2O5S. The number of nitrogens with zero attached hydrogens (tertiary/aromatic N) is 1. The van der Waals surface area contributed by atoms with Crippen LogP contribution in [0.1, 0.15) is 30.3 Å². The molecular weight excluding hydrogens is 428 g/mol. The van der Waals surface area contributed by atoms with Gasteiger partial charge in [-0.2, -0.15) is 0 Å². The number of rotatable bonds is 7. The van der Waals surface area contributed by atoms with Crippen LogP contribution in [0.15, 0.2) is 47.4 Å². The normalized spacial score (nSPS) is 21.5. The predicted molar refractivity (Wildman–Crippen MR) is 119 cm³/mol. The molecule has 32 heavy (non-hydrogen) atoms. The quantitative estimate of drug-likeness (QED) is 0.376. The Morgan fingerprint density at radius 2 is 1.94 bits per heavy atom. The first kappa shape index (κ1) is 22.5. The second-order valence-electron chi connectivity index (χ2n) is 8.29. The van der Waals surface area contributed by atoms with Gasteiger partial charge in [0.05, 0.1) is 38.4 Å². The summed E-state index contributed by atoms with van der Waals surface area (Å²) in [6.45, 7) is 8.13. The maximum Gasteiger partial charge on any atom is 0.295 e. The van der Waals surface area contributed by atoms with E-state index in [-0.39, 0.29) is 11.7 Å². The molecule has 7 nitrogen and oxygen atoms in total. The molecule has 2 fully saturated rings. The summed E-state index contributed by atoms with van der Waals surface area (Å²) in [4.78, 5) is 29.7. The van der Waals surface area contributed by atoms with E-state index >= 15 is 0 Å². The molecule has 1 aromatic carbocycles. The van der Waals surface area contributed by atoms with Crippen molar-refractivity contribution in [3.63, 3.8) is 0 Å². The van der Waals surface area contributed by atoms with Crippen molar-refractivity contribution in [3.8, 4) is 5.75 Å². The number of Topliss-reactive ketones (excluding diaryl/α,β-unsaturated/α-hetero) is 1. The van der Waals surface area contributed by atoms with E-state index in [0.29, 0.717) is 37.6 Å². The first-order valence-corrected chi connectivity index (χ1v) is 11.8. The van der Waals surface area contributed by atoms with Gasteiger partial charge in [0.1, 0.15) is 18.8 Å². The van der Waals surface area contributed by atoms with E-state index < -0.39 is 23.5 Å². The van der Waals surface area contributed by atoms with Gasteiger partial charge in [0.2, 0.25) is 5.78 Å². The molecule has 2 aliphatic rings. The number of nitrogens with one attached hydrogen (secondary N) is 1. The molecule has 1 aromatic heterocycles. The van der Waals surface area contributed by atoms with Crippen molar-refractivity contribution in [2.24, 2.45) is 0 Å². The van der Waals surface area contributed by atoms with Gasteiger partial charge in [0.25, 0.3) is 5.91 Å². The lowest BCUT2D eigenvalue weighted by atomic mass is 10.00. The minimum absolute atomic E-state index is 0.0188. The van der Waals surface area contributed by atoms with E-state index in [1.54, 1.807) is 29.2 Å². The summed E-state index contributed by atoms with van der Waals surface area (Å²) in [6, 6.07) is 9.84. The number of likely N-dealkylation sites (tertiary alicyclic amines) is 1. The highest BCUT2D eigenvalue weighted by Gasteiger charge is 2.44. The third-order valence-electron chi connectivity index (χ3n) is 5.74. The van der Waals surface area contributed by atoms with Crippen molar-refractivity contribution in [1.29, 1.82) is 0 Å². The number of ether oxygens (including phenoxy) is 2. The summed E-state index contributed by atoms with van der Waals surface area (Å²) in [5, 5.41) is 15.3. The van der Waals surface area contributed by atoms with E-state index in [1.807, 2.05) is 31.4 Å². The van der Waals surface area contributed by atoms with Gasteiger partial charge >= 0.3 is 0 Å². The highest BCUT2D eigenvalue weighted by Crippen LogP contribution is 2.40. The molecule has 2 aliphatic heterocycles. The van der Waals surface area contributed by atoms with Crippen LogP contribution in [0.2, 0.25) is 0 Å². The number of benzene rings is 1. The lowest BCUT2D eigenvalue weighted by molar-refractivity contribution is -0.907. The maximum atomic E-state index is 13.4. The van der Waals surface area contributed by atoms with E-state index in [1.165, 1.54) is 16.2 Å². The van der Waals surface area contributed by atoms with Crippen molar-refractivity contribution in [1.82, 2.24) is 4.90 Å². The van der Waals surface area contributed by atoms with E-state index in [2.05, 4.69) is 0 Å². The number of ketones is 1. The lowest BCUT2D eigenvalue weighted by Gasteiger charge is -2.29. The maximum absolute atomic E-state index is 13.4. The molecule has 0 bridgehead atoms. The van der Waals surface area contributed by atoms with Gasteiger partial charge in [-0.25, -0.2) is 0 Å². The van der Waals surface area contributed by atoms with Crippen LogP contribution in [0.4, 0.5) is 0 Å². The van der Waals surface area contributed by atoms with Crippen LogP contribution in [0.25, 0.3) is 5.76 Å². The number of hydrogen-bond acceptors (Lipinski definition) is 6. The van der Waals surface area contributed by atoms with Gasteiger partial charge in [-0.05, 0) is 43.0 Å². The Labute approximate surface area is 191 Å². The minimum Gasteiger partial charge on any atom is -0.872 e. The monoisotopic (exact) mass is 456 g/mol. The zero-order chi connectivity index (χ0) is 22.7. The largest absolute Gasteiger partial charge is 0.872 e. The first-order valence-electron chi connectivity index (χ1n) is 10.9. The van der Waals surface area contributed by atoms with Crippen molar-refractivity contribution >= 4 is 28.8 Å². The van der Waals surface area contributed by atoms with Gasteiger partial charge in [-0.1, -0.05) is 24.0 Å². The van der Waals surface area contributed by atoms with Gasteiger partial charge in [0.15, 0.2) is 0 Å². The van der Waals surface area contributed by atoms with Crippen LogP contribution < -0.4 is 14.7 Å². The second-order valence-corrected chi connectivity index (χ2v) is 9.27. The van der Waals surface area contributed by atoms with Crippen molar-refractivity contribution in [2.75, 3.05) is 39.4 Å². The Hall–Kier alpha value is -2.68. The number of hydrogen-bond donors (Lipinski definition) is 1. The van der Waals surface area contributed by atoms with Gasteiger partial charge < -0.3 is 24.4 Å². The number of carbonyl (C=O) groups excluding carboxylic acids is 2. The molecule has 8 heteroatoms. The van der Waals surface area contributed by atoms with Crippen LogP contribution in [0, 0.1) is 0 Å². The number of carbonyl (C=O) groups is 2. The van der Waals surface area contributed by atoms with Crippen molar-refractivity contribution in [3.05, 3.63) is 57.8 Å². The van der Waals surface area contributed by atoms with Gasteiger partial charge in [-0.3, -0.25) is 9.59 Å². The van der Waals surface area contributed by atoms with Crippen molar-refractivity contribution in [2.45, 2.75) is 26.0 Å². The molecule has 4 rings (SSSR count). The van der Waals surface area contributed by atoms with Crippen LogP contribution in [-0.2, 0) is 14.3 Å². The Kier molecular flexibility index (Phi) is 6.93. The third kappa shape index (κ3) is 4.72. The minimum atomic E-state index is -0.701. The average Bonchev–Trinajstić information content (AvgIpc) is 3.40. The highest BCUT2D eigenvalue weighted by molar-refractivity contribution is 7.10. The topological polar surface area (TPSA) is 83.3 Å². The van der Waals surface area contributed by atoms with E-state index in [9.17, 15) is 14.7 Å². The number of amides is 1. The third-order valence-corrected chi connectivity index (χ3v) is 6.66. The van der Waals surface area contributed by atoms with Crippen molar-refractivity contribution < 1.29 is 29.1 Å². The summed E-state index contributed by atoms with van der Waals surface area (Å²) in [6.07, 6.45) is 0.0188. The van der Waals surface area contributed by atoms with Crippen LogP contribution in [0.3, 0.4) is 0 Å². The van der Waals surface area contributed by atoms with E-state index in [0.717, 1.165) is 18.0 Å². The zero-order valence-electron chi connectivity index (χ0n) is 18.3. The summed E-state index contributed by atoms with van der Waals surface area (Å²) in [5.74, 6) is -1.05.